The predicted octanol–water partition coefficient (Wildman–Crippen LogP) is 2.13. The molecule has 110 valence electrons. The molecule has 5 nitrogen and oxygen atoms in total. The van der Waals surface area contributed by atoms with Crippen molar-refractivity contribution >= 4 is 5.91 Å². The largest absolute Gasteiger partial charge is 0.350 e. The number of hydrogen-bond acceptors (Lipinski definition) is 4. The summed E-state index contributed by atoms with van der Waals surface area (Å²) >= 11 is 0. The molecule has 0 saturated carbocycles. The summed E-state index contributed by atoms with van der Waals surface area (Å²) in [4.78, 5) is 12.1. The summed E-state index contributed by atoms with van der Waals surface area (Å²) in [5.74, 6) is 0.0608. The van der Waals surface area contributed by atoms with Crippen molar-refractivity contribution in [2.24, 2.45) is 0 Å². The molecule has 1 aliphatic heterocycles. The molecule has 1 aromatic heterocycles. The third kappa shape index (κ3) is 3.31. The van der Waals surface area contributed by atoms with Crippen molar-refractivity contribution in [3.63, 3.8) is 0 Å². The minimum absolute atomic E-state index is 0.166. The number of nitrogens with one attached hydrogen (secondary N) is 2. The van der Waals surface area contributed by atoms with Gasteiger partial charge in [-0.3, -0.25) is 4.79 Å². The smallest absolute Gasteiger partial charge is 0.290 e. The Labute approximate surface area is 123 Å². The van der Waals surface area contributed by atoms with Gasteiger partial charge in [0.15, 0.2) is 0 Å². The average Bonchev–Trinajstić information content (AvgIpc) is 2.99. The van der Waals surface area contributed by atoms with Crippen LogP contribution in [0.2, 0.25) is 0 Å². The van der Waals surface area contributed by atoms with E-state index >= 15 is 0 Å². The molecule has 2 aromatic rings. The maximum absolute atomic E-state index is 12.1. The first-order valence-electron chi connectivity index (χ1n) is 7.28. The van der Waals surface area contributed by atoms with Crippen molar-refractivity contribution in [1.82, 2.24) is 15.8 Å². The van der Waals surface area contributed by atoms with Crippen molar-refractivity contribution in [2.45, 2.75) is 25.8 Å². The SMILES string of the molecule is Cc1ccc(-c2cc(C(=O)N[C@H]3CCCNC3)on2)cc1. The Morgan fingerprint density at radius 2 is 2.19 bits per heavy atom. The van der Waals surface area contributed by atoms with Crippen LogP contribution in [0.4, 0.5) is 0 Å². The Kier molecular flexibility index (Phi) is 4.01. The quantitative estimate of drug-likeness (QED) is 0.906. The van der Waals surface area contributed by atoms with Crippen molar-refractivity contribution in [2.75, 3.05) is 13.1 Å². The molecular weight excluding hydrogens is 266 g/mol. The standard InChI is InChI=1S/C16H19N3O2/c1-11-4-6-12(7-5-11)14-9-15(21-19-14)16(20)18-13-3-2-8-17-10-13/h4-7,9,13,17H,2-3,8,10H2,1H3,(H,18,20)/t13-/m0/s1. The normalized spacial score (nSPS) is 18.4. The highest BCUT2D eigenvalue weighted by Gasteiger charge is 2.19. The second kappa shape index (κ2) is 6.10. The molecule has 0 unspecified atom stereocenters. The number of nitrogens with zero attached hydrogens (tertiary/aromatic N) is 1. The third-order valence-electron chi connectivity index (χ3n) is 3.71. The van der Waals surface area contributed by atoms with Gasteiger partial charge in [-0.1, -0.05) is 35.0 Å². The average molecular weight is 285 g/mol. The van der Waals surface area contributed by atoms with Gasteiger partial charge >= 0.3 is 0 Å². The number of rotatable bonds is 3. The highest BCUT2D eigenvalue weighted by atomic mass is 16.5. The van der Waals surface area contributed by atoms with Crippen LogP contribution in [-0.2, 0) is 0 Å². The molecule has 1 fully saturated rings. The van der Waals surface area contributed by atoms with E-state index in [1.165, 1.54) is 5.56 Å². The second-order valence-electron chi connectivity index (χ2n) is 5.46. The summed E-state index contributed by atoms with van der Waals surface area (Å²) in [7, 11) is 0. The fourth-order valence-corrected chi connectivity index (χ4v) is 2.47. The lowest BCUT2D eigenvalue weighted by Crippen LogP contribution is -2.45. The van der Waals surface area contributed by atoms with Gasteiger partial charge in [-0.2, -0.15) is 0 Å². The summed E-state index contributed by atoms with van der Waals surface area (Å²) < 4.78 is 5.17. The van der Waals surface area contributed by atoms with E-state index in [-0.39, 0.29) is 17.7 Å². The van der Waals surface area contributed by atoms with Crippen LogP contribution in [0.25, 0.3) is 11.3 Å². The van der Waals surface area contributed by atoms with Gasteiger partial charge in [0.05, 0.1) is 0 Å². The molecule has 1 aliphatic rings. The van der Waals surface area contributed by atoms with Gasteiger partial charge in [0.2, 0.25) is 5.76 Å². The molecule has 5 heteroatoms. The summed E-state index contributed by atoms with van der Waals surface area (Å²) in [6.07, 6.45) is 2.08. The van der Waals surface area contributed by atoms with E-state index in [0.29, 0.717) is 5.69 Å². The summed E-state index contributed by atoms with van der Waals surface area (Å²) in [5.41, 5.74) is 2.81. The Bertz CT molecular complexity index is 613. The maximum atomic E-state index is 12.1. The third-order valence-corrected chi connectivity index (χ3v) is 3.71. The summed E-state index contributed by atoms with van der Waals surface area (Å²) in [6.45, 7) is 3.86. The van der Waals surface area contributed by atoms with E-state index in [1.54, 1.807) is 6.07 Å². The molecular formula is C16H19N3O2. The molecule has 3 rings (SSSR count). The first-order chi connectivity index (χ1) is 10.2. The highest BCUT2D eigenvalue weighted by Crippen LogP contribution is 2.19. The lowest BCUT2D eigenvalue weighted by atomic mass is 10.1. The molecule has 2 N–H and O–H groups in total. The van der Waals surface area contributed by atoms with Gasteiger partial charge in [0.1, 0.15) is 5.69 Å². The van der Waals surface area contributed by atoms with Crippen molar-refractivity contribution in [3.8, 4) is 11.3 Å². The van der Waals surface area contributed by atoms with Gasteiger partial charge in [-0.05, 0) is 26.3 Å². The van der Waals surface area contributed by atoms with Crippen LogP contribution in [0, 0.1) is 6.92 Å². The minimum atomic E-state index is -0.199. The zero-order chi connectivity index (χ0) is 14.7. The molecule has 21 heavy (non-hydrogen) atoms. The number of aromatic nitrogens is 1. The zero-order valence-corrected chi connectivity index (χ0v) is 12.1. The highest BCUT2D eigenvalue weighted by molar-refractivity contribution is 5.92. The van der Waals surface area contributed by atoms with E-state index in [0.717, 1.165) is 31.5 Å². The number of hydrogen-bond donors (Lipinski definition) is 2. The first kappa shape index (κ1) is 13.8. The fraction of sp³-hybridized carbons (Fsp3) is 0.375. The number of aryl methyl sites for hydroxylation is 1. The molecule has 0 spiro atoms. The lowest BCUT2D eigenvalue weighted by molar-refractivity contribution is 0.0893. The van der Waals surface area contributed by atoms with Gasteiger partial charge in [0.25, 0.3) is 5.91 Å². The monoisotopic (exact) mass is 285 g/mol. The Balaban J connectivity index is 1.69. The van der Waals surface area contributed by atoms with Crippen molar-refractivity contribution < 1.29 is 9.32 Å². The zero-order valence-electron chi connectivity index (χ0n) is 12.1. The van der Waals surface area contributed by atoms with E-state index in [1.807, 2.05) is 31.2 Å². The van der Waals surface area contributed by atoms with Crippen LogP contribution >= 0.6 is 0 Å². The summed E-state index contributed by atoms with van der Waals surface area (Å²) in [5, 5.41) is 10.2. The number of piperidine rings is 1. The molecule has 1 saturated heterocycles. The summed E-state index contributed by atoms with van der Waals surface area (Å²) in [6, 6.07) is 9.82. The molecule has 2 heterocycles. The van der Waals surface area contributed by atoms with Crippen LogP contribution in [0.3, 0.4) is 0 Å². The predicted molar refractivity (Wildman–Crippen MR) is 80.0 cm³/mol. The van der Waals surface area contributed by atoms with E-state index in [4.69, 9.17) is 4.52 Å². The van der Waals surface area contributed by atoms with Gasteiger partial charge in [0, 0.05) is 24.2 Å². The van der Waals surface area contributed by atoms with E-state index in [2.05, 4.69) is 15.8 Å². The minimum Gasteiger partial charge on any atom is -0.350 e. The van der Waals surface area contributed by atoms with Crippen LogP contribution in [0.5, 0.6) is 0 Å². The number of amides is 1. The van der Waals surface area contributed by atoms with E-state index in [9.17, 15) is 4.79 Å². The lowest BCUT2D eigenvalue weighted by Gasteiger charge is -2.23. The molecule has 0 radical (unpaired) electrons. The van der Waals surface area contributed by atoms with E-state index < -0.39 is 0 Å². The second-order valence-corrected chi connectivity index (χ2v) is 5.46. The van der Waals surface area contributed by atoms with Crippen LogP contribution < -0.4 is 10.6 Å². The Morgan fingerprint density at radius 3 is 2.90 bits per heavy atom. The van der Waals surface area contributed by atoms with Crippen molar-refractivity contribution in [3.05, 3.63) is 41.7 Å². The first-order valence-corrected chi connectivity index (χ1v) is 7.28. The number of benzene rings is 1. The van der Waals surface area contributed by atoms with Gasteiger partial charge in [-0.25, -0.2) is 0 Å². The van der Waals surface area contributed by atoms with Gasteiger partial charge in [-0.15, -0.1) is 0 Å². The van der Waals surface area contributed by atoms with Crippen LogP contribution in [-0.4, -0.2) is 30.2 Å². The number of carbonyl (C=O) groups excluding carboxylic acids is 1. The van der Waals surface area contributed by atoms with Crippen LogP contribution in [0.15, 0.2) is 34.9 Å². The molecule has 1 aromatic carbocycles. The molecule has 1 atom stereocenters. The fourth-order valence-electron chi connectivity index (χ4n) is 2.47. The maximum Gasteiger partial charge on any atom is 0.290 e. The molecule has 0 aliphatic carbocycles. The topological polar surface area (TPSA) is 67.2 Å². The molecule has 1 amide bonds. The Morgan fingerprint density at radius 1 is 1.38 bits per heavy atom. The van der Waals surface area contributed by atoms with Gasteiger partial charge < -0.3 is 15.2 Å². The Hall–Kier alpha value is -2.14. The van der Waals surface area contributed by atoms with Crippen molar-refractivity contribution in [1.29, 1.82) is 0 Å². The molecule has 0 bridgehead atoms. The number of carbonyl (C=O) groups is 1. The van der Waals surface area contributed by atoms with Crippen LogP contribution in [0.1, 0.15) is 29.0 Å².